The fourth-order valence-corrected chi connectivity index (χ4v) is 0.941. The van der Waals surface area contributed by atoms with Crippen LogP contribution in [0.15, 0.2) is 0 Å². The highest BCUT2D eigenvalue weighted by atomic mass is 16.4. The van der Waals surface area contributed by atoms with Crippen molar-refractivity contribution in [1.29, 1.82) is 5.41 Å². The van der Waals surface area contributed by atoms with Crippen molar-refractivity contribution in [2.75, 3.05) is 0 Å². The van der Waals surface area contributed by atoms with E-state index >= 15 is 0 Å². The zero-order valence-electron chi connectivity index (χ0n) is 6.81. The number of benzene rings is 1. The average molecular weight is 200 g/mol. The summed E-state index contributed by atoms with van der Waals surface area (Å²) in [5, 5.41) is 52.2. The molecule has 0 aliphatic heterocycles. The average Bonchev–Trinajstić information content (AvgIpc) is 2.11. The quantitative estimate of drug-likeness (QED) is 0.140. The van der Waals surface area contributed by atoms with Gasteiger partial charge in [0.15, 0.2) is 11.5 Å². The molecule has 8 N–H and O–H groups in total. The molecular weight excluding hydrogens is 192 g/mol. The smallest absolute Gasteiger partial charge is 0.208 e. The Morgan fingerprint density at radius 3 is 1.36 bits per heavy atom. The third kappa shape index (κ3) is 1.11. The molecule has 0 aliphatic carbocycles. The molecule has 1 aromatic rings. The number of nitrogen functional groups attached to an aromatic ring is 1. The lowest BCUT2D eigenvalue weighted by atomic mass is 10.1. The zero-order valence-corrected chi connectivity index (χ0v) is 6.81. The van der Waals surface area contributed by atoms with E-state index in [1.54, 1.807) is 0 Å². The molecule has 1 rings (SSSR count). The van der Waals surface area contributed by atoms with E-state index in [-0.39, 0.29) is 0 Å². The van der Waals surface area contributed by atoms with Crippen molar-refractivity contribution in [3.05, 3.63) is 5.56 Å². The molecule has 1 aromatic carbocycles. The number of hydrogen-bond acceptors (Lipinski definition) is 6. The lowest BCUT2D eigenvalue weighted by Crippen LogP contribution is -2.11. The first-order chi connectivity index (χ1) is 6.37. The Balaban J connectivity index is 3.68. The second-order valence-corrected chi connectivity index (χ2v) is 2.53. The normalized spacial score (nSPS) is 10.0. The number of rotatable bonds is 1. The minimum absolute atomic E-state index is 0.641. The molecule has 0 unspecified atom stereocenters. The molecule has 0 saturated carbocycles. The van der Waals surface area contributed by atoms with Crippen LogP contribution in [0.2, 0.25) is 0 Å². The number of nitrogens with two attached hydrogens (primary N) is 1. The van der Waals surface area contributed by atoms with Crippen LogP contribution in [0, 0.1) is 5.41 Å². The van der Waals surface area contributed by atoms with Gasteiger partial charge in [0.2, 0.25) is 17.2 Å². The number of aromatic hydroxyl groups is 5. The minimum atomic E-state index is -1.08. The van der Waals surface area contributed by atoms with Crippen molar-refractivity contribution in [2.24, 2.45) is 5.73 Å². The third-order valence-electron chi connectivity index (χ3n) is 1.64. The van der Waals surface area contributed by atoms with Crippen molar-refractivity contribution >= 4 is 5.84 Å². The van der Waals surface area contributed by atoms with E-state index in [9.17, 15) is 0 Å². The Labute approximate surface area is 77.8 Å². The van der Waals surface area contributed by atoms with E-state index in [1.165, 1.54) is 0 Å². The molecule has 0 spiro atoms. The van der Waals surface area contributed by atoms with Crippen LogP contribution >= 0.6 is 0 Å². The van der Waals surface area contributed by atoms with Crippen molar-refractivity contribution in [2.45, 2.75) is 0 Å². The fourth-order valence-electron chi connectivity index (χ4n) is 0.941. The third-order valence-corrected chi connectivity index (χ3v) is 1.64. The SMILES string of the molecule is N=C(N)c1c(O)c(O)c(O)c(O)c1O. The van der Waals surface area contributed by atoms with Gasteiger partial charge in [0.25, 0.3) is 0 Å². The van der Waals surface area contributed by atoms with Gasteiger partial charge in [-0.2, -0.15) is 0 Å². The fraction of sp³-hybridized carbons (Fsp3) is 0. The van der Waals surface area contributed by atoms with Crippen LogP contribution in [-0.2, 0) is 0 Å². The lowest BCUT2D eigenvalue weighted by Gasteiger charge is -2.10. The largest absolute Gasteiger partial charge is 0.504 e. The van der Waals surface area contributed by atoms with Gasteiger partial charge in [-0.15, -0.1) is 0 Å². The zero-order chi connectivity index (χ0) is 11.0. The first-order valence-corrected chi connectivity index (χ1v) is 3.41. The number of hydrogen-bond donors (Lipinski definition) is 7. The van der Waals surface area contributed by atoms with Crippen LogP contribution in [0.1, 0.15) is 5.56 Å². The van der Waals surface area contributed by atoms with Gasteiger partial charge >= 0.3 is 0 Å². The summed E-state index contributed by atoms with van der Waals surface area (Å²) in [7, 11) is 0. The number of phenolic OH excluding ortho intramolecular Hbond substituents is 5. The summed E-state index contributed by atoms with van der Waals surface area (Å²) in [6.07, 6.45) is 0. The van der Waals surface area contributed by atoms with Gasteiger partial charge in [-0.05, 0) is 0 Å². The number of phenols is 5. The predicted octanol–water partition coefficient (Wildman–Crippen LogP) is -0.501. The topological polar surface area (TPSA) is 151 Å². The van der Waals surface area contributed by atoms with Gasteiger partial charge in [-0.3, -0.25) is 5.41 Å². The van der Waals surface area contributed by atoms with E-state index in [4.69, 9.17) is 36.7 Å². The van der Waals surface area contributed by atoms with E-state index in [0.717, 1.165) is 0 Å². The number of nitrogens with one attached hydrogen (secondary N) is 1. The maximum Gasteiger partial charge on any atom is 0.208 e. The molecule has 14 heavy (non-hydrogen) atoms. The summed E-state index contributed by atoms with van der Waals surface area (Å²) in [4.78, 5) is 0. The Kier molecular flexibility index (Phi) is 2.01. The Bertz CT molecular complexity index is 386. The maximum absolute atomic E-state index is 9.15. The van der Waals surface area contributed by atoms with Crippen molar-refractivity contribution in [1.82, 2.24) is 0 Å². The monoisotopic (exact) mass is 200 g/mol. The van der Waals surface area contributed by atoms with Crippen LogP contribution in [0.3, 0.4) is 0 Å². The Morgan fingerprint density at radius 2 is 1.07 bits per heavy atom. The molecule has 7 nitrogen and oxygen atoms in total. The molecule has 0 saturated heterocycles. The van der Waals surface area contributed by atoms with E-state index in [0.29, 0.717) is 0 Å². The van der Waals surface area contributed by atoms with Crippen molar-refractivity contribution in [3.8, 4) is 28.7 Å². The molecule has 76 valence electrons. The molecule has 0 radical (unpaired) electrons. The first-order valence-electron chi connectivity index (χ1n) is 3.41. The van der Waals surface area contributed by atoms with Gasteiger partial charge < -0.3 is 31.3 Å². The van der Waals surface area contributed by atoms with E-state index in [1.807, 2.05) is 0 Å². The van der Waals surface area contributed by atoms with E-state index < -0.39 is 40.1 Å². The molecule has 7 heteroatoms. The van der Waals surface area contributed by atoms with Gasteiger partial charge in [0.05, 0.1) is 0 Å². The summed E-state index contributed by atoms with van der Waals surface area (Å²) < 4.78 is 0. The second-order valence-electron chi connectivity index (χ2n) is 2.53. The van der Waals surface area contributed by atoms with Crippen molar-refractivity contribution < 1.29 is 25.5 Å². The van der Waals surface area contributed by atoms with Crippen LogP contribution in [0.25, 0.3) is 0 Å². The summed E-state index contributed by atoms with van der Waals surface area (Å²) in [6, 6.07) is 0. The Morgan fingerprint density at radius 1 is 0.786 bits per heavy atom. The second kappa shape index (κ2) is 2.87. The highest BCUT2D eigenvalue weighted by Gasteiger charge is 2.24. The molecule has 0 bridgehead atoms. The minimum Gasteiger partial charge on any atom is -0.504 e. The first kappa shape index (κ1) is 9.78. The summed E-state index contributed by atoms with van der Waals surface area (Å²) >= 11 is 0. The molecule has 0 atom stereocenters. The molecule has 0 fully saturated rings. The maximum atomic E-state index is 9.15. The lowest BCUT2D eigenvalue weighted by molar-refractivity contribution is 0.327. The molecular formula is C7H8N2O5. The van der Waals surface area contributed by atoms with E-state index in [2.05, 4.69) is 0 Å². The van der Waals surface area contributed by atoms with Crippen molar-refractivity contribution in [3.63, 3.8) is 0 Å². The molecule has 0 aliphatic rings. The Hall–Kier alpha value is -2.31. The number of amidine groups is 1. The van der Waals surface area contributed by atoms with Gasteiger partial charge in [-0.1, -0.05) is 0 Å². The van der Waals surface area contributed by atoms with Gasteiger partial charge in [-0.25, -0.2) is 0 Å². The van der Waals surface area contributed by atoms with Crippen LogP contribution in [0.5, 0.6) is 28.7 Å². The van der Waals surface area contributed by atoms with Gasteiger partial charge in [0, 0.05) is 0 Å². The van der Waals surface area contributed by atoms with Crippen LogP contribution in [-0.4, -0.2) is 31.4 Å². The summed E-state index contributed by atoms with van der Waals surface area (Å²) in [6.45, 7) is 0. The van der Waals surface area contributed by atoms with Crippen LogP contribution < -0.4 is 5.73 Å². The highest BCUT2D eigenvalue weighted by molar-refractivity contribution is 6.02. The summed E-state index contributed by atoms with van der Waals surface area (Å²) in [5.41, 5.74) is 4.32. The summed E-state index contributed by atoms with van der Waals surface area (Å²) in [5.74, 6) is -5.87. The molecule has 0 aromatic heterocycles. The molecule has 0 heterocycles. The van der Waals surface area contributed by atoms with Crippen LogP contribution in [0.4, 0.5) is 0 Å². The van der Waals surface area contributed by atoms with Gasteiger partial charge in [0.1, 0.15) is 11.4 Å². The molecule has 0 amide bonds. The predicted molar refractivity (Wildman–Crippen MR) is 45.8 cm³/mol. The standard InChI is InChI=1S/C7H8N2O5/c8-7(9)1-2(10)4(12)6(14)5(13)3(1)11/h10-14H,(H3,8,9). The highest BCUT2D eigenvalue weighted by Crippen LogP contribution is 2.50.